The maximum absolute atomic E-state index is 12.5. The van der Waals surface area contributed by atoms with Gasteiger partial charge in [-0.05, 0) is 64.4 Å². The number of H-pyrrole nitrogens is 1. The van der Waals surface area contributed by atoms with Crippen LogP contribution in [0.2, 0.25) is 5.02 Å². The standard InChI is InChI=1S/C21H23ClN4O2/c1-12-17(13(2)24-18(12)19(27)28-21(3,4)5)16-9-10-23-20(26-16)25-15-8-6-7-14(22)11-15/h6-11,24H,1-5H3,(H,23,25,26). The second-order valence-corrected chi connectivity index (χ2v) is 7.96. The second kappa shape index (κ2) is 7.64. The van der Waals surface area contributed by atoms with Crippen LogP contribution in [0.1, 0.15) is 42.5 Å². The van der Waals surface area contributed by atoms with Gasteiger partial charge >= 0.3 is 5.97 Å². The smallest absolute Gasteiger partial charge is 0.355 e. The van der Waals surface area contributed by atoms with Crippen molar-refractivity contribution in [3.8, 4) is 11.3 Å². The first kappa shape index (κ1) is 19.9. The van der Waals surface area contributed by atoms with Gasteiger partial charge in [0.15, 0.2) is 0 Å². The number of esters is 1. The van der Waals surface area contributed by atoms with Crippen molar-refractivity contribution in [2.75, 3.05) is 5.32 Å². The molecule has 7 heteroatoms. The molecule has 3 aromatic rings. The topological polar surface area (TPSA) is 79.9 Å². The zero-order valence-corrected chi connectivity index (χ0v) is 17.3. The van der Waals surface area contributed by atoms with E-state index in [0.29, 0.717) is 22.4 Å². The molecular weight excluding hydrogens is 376 g/mol. The van der Waals surface area contributed by atoms with Crippen molar-refractivity contribution < 1.29 is 9.53 Å². The van der Waals surface area contributed by atoms with E-state index in [9.17, 15) is 4.79 Å². The number of rotatable bonds is 4. The fourth-order valence-electron chi connectivity index (χ4n) is 2.92. The van der Waals surface area contributed by atoms with E-state index >= 15 is 0 Å². The molecule has 0 aliphatic heterocycles. The molecule has 146 valence electrons. The first-order valence-electron chi connectivity index (χ1n) is 8.92. The highest BCUT2D eigenvalue weighted by atomic mass is 35.5. The summed E-state index contributed by atoms with van der Waals surface area (Å²) in [5, 5.41) is 3.77. The molecule has 1 aromatic carbocycles. The van der Waals surface area contributed by atoms with Crippen LogP contribution in [0, 0.1) is 13.8 Å². The molecule has 0 bridgehead atoms. The quantitative estimate of drug-likeness (QED) is 0.572. The molecule has 0 unspecified atom stereocenters. The van der Waals surface area contributed by atoms with Gasteiger partial charge in [0.1, 0.15) is 11.3 Å². The molecule has 2 N–H and O–H groups in total. The lowest BCUT2D eigenvalue weighted by atomic mass is 10.1. The fraction of sp³-hybridized carbons (Fsp3) is 0.286. The summed E-state index contributed by atoms with van der Waals surface area (Å²) in [6, 6.07) is 9.14. The van der Waals surface area contributed by atoms with Crippen molar-refractivity contribution in [3.63, 3.8) is 0 Å². The van der Waals surface area contributed by atoms with Gasteiger partial charge in [-0.25, -0.2) is 14.8 Å². The van der Waals surface area contributed by atoms with E-state index in [-0.39, 0.29) is 5.97 Å². The number of hydrogen-bond acceptors (Lipinski definition) is 5. The summed E-state index contributed by atoms with van der Waals surface area (Å²) in [7, 11) is 0. The fourth-order valence-corrected chi connectivity index (χ4v) is 3.11. The minimum atomic E-state index is -0.564. The van der Waals surface area contributed by atoms with Gasteiger partial charge in [-0.3, -0.25) is 0 Å². The highest BCUT2D eigenvalue weighted by molar-refractivity contribution is 6.30. The lowest BCUT2D eigenvalue weighted by molar-refractivity contribution is 0.00626. The first-order valence-corrected chi connectivity index (χ1v) is 9.30. The van der Waals surface area contributed by atoms with Gasteiger partial charge in [0, 0.05) is 28.2 Å². The number of carbonyl (C=O) groups excluding carboxylic acids is 1. The largest absolute Gasteiger partial charge is 0.455 e. The van der Waals surface area contributed by atoms with Crippen LogP contribution >= 0.6 is 11.6 Å². The van der Waals surface area contributed by atoms with E-state index in [0.717, 1.165) is 22.5 Å². The van der Waals surface area contributed by atoms with Crippen LogP contribution < -0.4 is 5.32 Å². The Morgan fingerprint density at radius 3 is 2.64 bits per heavy atom. The summed E-state index contributed by atoms with van der Waals surface area (Å²) in [5.74, 6) is 0.0595. The SMILES string of the molecule is Cc1[nH]c(C(=O)OC(C)(C)C)c(C)c1-c1ccnc(Nc2cccc(Cl)c2)n1. The molecule has 2 aromatic heterocycles. The zero-order valence-electron chi connectivity index (χ0n) is 16.6. The third kappa shape index (κ3) is 4.51. The summed E-state index contributed by atoms with van der Waals surface area (Å²) in [5.41, 5.74) is 3.86. The Morgan fingerprint density at radius 2 is 1.96 bits per heavy atom. The van der Waals surface area contributed by atoms with Crippen LogP contribution in [0.4, 0.5) is 11.6 Å². The lowest BCUT2D eigenvalue weighted by Gasteiger charge is -2.19. The molecule has 0 saturated heterocycles. The van der Waals surface area contributed by atoms with Crippen LogP contribution in [-0.4, -0.2) is 26.5 Å². The van der Waals surface area contributed by atoms with E-state index in [1.54, 1.807) is 18.3 Å². The molecule has 0 radical (unpaired) electrons. The number of benzene rings is 1. The van der Waals surface area contributed by atoms with Crippen LogP contribution in [0.3, 0.4) is 0 Å². The van der Waals surface area contributed by atoms with Gasteiger partial charge in [-0.1, -0.05) is 17.7 Å². The summed E-state index contributed by atoms with van der Waals surface area (Å²) < 4.78 is 5.49. The number of hydrogen-bond donors (Lipinski definition) is 2. The predicted molar refractivity (Wildman–Crippen MR) is 111 cm³/mol. The molecule has 6 nitrogen and oxygen atoms in total. The van der Waals surface area contributed by atoms with Gasteiger partial charge < -0.3 is 15.0 Å². The molecule has 0 atom stereocenters. The summed E-state index contributed by atoms with van der Waals surface area (Å²) >= 11 is 6.03. The first-order chi connectivity index (χ1) is 13.1. The number of ether oxygens (including phenoxy) is 1. The molecule has 3 rings (SSSR count). The van der Waals surface area contributed by atoms with E-state index < -0.39 is 5.60 Å². The van der Waals surface area contributed by atoms with Crippen molar-refractivity contribution in [3.05, 3.63) is 58.5 Å². The molecule has 0 spiro atoms. The van der Waals surface area contributed by atoms with Gasteiger partial charge in [-0.15, -0.1) is 0 Å². The molecule has 0 amide bonds. The van der Waals surface area contributed by atoms with Crippen molar-refractivity contribution >= 4 is 29.2 Å². The molecule has 2 heterocycles. The summed E-state index contributed by atoms with van der Waals surface area (Å²) in [4.78, 5) is 24.5. The van der Waals surface area contributed by atoms with E-state index in [2.05, 4.69) is 20.3 Å². The number of aromatic amines is 1. The average Bonchev–Trinajstić information content (AvgIpc) is 2.88. The van der Waals surface area contributed by atoms with Crippen LogP contribution in [-0.2, 0) is 4.74 Å². The van der Waals surface area contributed by atoms with E-state index in [1.165, 1.54) is 0 Å². The monoisotopic (exact) mass is 398 g/mol. The Balaban J connectivity index is 1.93. The van der Waals surface area contributed by atoms with Gasteiger partial charge in [0.05, 0.1) is 5.69 Å². The van der Waals surface area contributed by atoms with Gasteiger partial charge in [0.2, 0.25) is 5.95 Å². The number of carbonyl (C=O) groups is 1. The highest BCUT2D eigenvalue weighted by Gasteiger charge is 2.24. The van der Waals surface area contributed by atoms with Crippen LogP contribution in [0.5, 0.6) is 0 Å². The second-order valence-electron chi connectivity index (χ2n) is 7.53. The Labute approximate surface area is 169 Å². The van der Waals surface area contributed by atoms with Gasteiger partial charge in [-0.2, -0.15) is 0 Å². The van der Waals surface area contributed by atoms with Crippen molar-refractivity contribution in [1.82, 2.24) is 15.0 Å². The number of nitrogens with zero attached hydrogens (tertiary/aromatic N) is 2. The number of aryl methyl sites for hydroxylation is 1. The van der Waals surface area contributed by atoms with Crippen molar-refractivity contribution in [2.24, 2.45) is 0 Å². The normalized spacial score (nSPS) is 11.4. The van der Waals surface area contributed by atoms with Gasteiger partial charge in [0.25, 0.3) is 0 Å². The Bertz CT molecular complexity index is 1020. The maximum atomic E-state index is 12.5. The van der Waals surface area contributed by atoms with Crippen molar-refractivity contribution in [2.45, 2.75) is 40.2 Å². The van der Waals surface area contributed by atoms with Crippen LogP contribution in [0.15, 0.2) is 36.5 Å². The highest BCUT2D eigenvalue weighted by Crippen LogP contribution is 2.30. The zero-order chi connectivity index (χ0) is 20.5. The number of anilines is 2. The van der Waals surface area contributed by atoms with E-state index in [4.69, 9.17) is 16.3 Å². The summed E-state index contributed by atoms with van der Waals surface area (Å²) in [6.45, 7) is 9.31. The lowest BCUT2D eigenvalue weighted by Crippen LogP contribution is -2.24. The molecular formula is C21H23ClN4O2. The maximum Gasteiger partial charge on any atom is 0.355 e. The molecule has 0 aliphatic carbocycles. The number of halogens is 1. The molecule has 28 heavy (non-hydrogen) atoms. The number of aromatic nitrogens is 3. The number of nitrogens with one attached hydrogen (secondary N) is 2. The Morgan fingerprint density at radius 1 is 1.21 bits per heavy atom. The third-order valence-electron chi connectivity index (χ3n) is 4.03. The average molecular weight is 399 g/mol. The Kier molecular flexibility index (Phi) is 5.42. The minimum Gasteiger partial charge on any atom is -0.455 e. The Hall–Kier alpha value is -2.86. The third-order valence-corrected chi connectivity index (χ3v) is 4.27. The van der Waals surface area contributed by atoms with Crippen LogP contribution in [0.25, 0.3) is 11.3 Å². The van der Waals surface area contributed by atoms with E-state index in [1.807, 2.05) is 52.8 Å². The predicted octanol–water partition coefficient (Wildman–Crippen LogP) is 5.44. The minimum absolute atomic E-state index is 0.384. The molecule has 0 saturated carbocycles. The summed E-state index contributed by atoms with van der Waals surface area (Å²) in [6.07, 6.45) is 1.67. The van der Waals surface area contributed by atoms with Crippen molar-refractivity contribution in [1.29, 1.82) is 0 Å². The molecule has 0 aliphatic rings. The molecule has 0 fully saturated rings.